The lowest BCUT2D eigenvalue weighted by molar-refractivity contribution is -0.134. The summed E-state index contributed by atoms with van der Waals surface area (Å²) in [6.45, 7) is 3.76. The number of hydrogen-bond acceptors (Lipinski definition) is 3. The first-order chi connectivity index (χ1) is 16.5. The maximum Gasteiger partial charge on any atom is 0.300 e. The summed E-state index contributed by atoms with van der Waals surface area (Å²) in [7, 11) is 2.15. The van der Waals surface area contributed by atoms with Gasteiger partial charge in [-0.05, 0) is 53.8 Å². The van der Waals surface area contributed by atoms with E-state index < -0.39 is 5.97 Å². The Labute approximate surface area is 202 Å². The Morgan fingerprint density at radius 2 is 1.71 bits per heavy atom. The molecule has 1 aliphatic rings. The zero-order chi connectivity index (χ0) is 24.2. The maximum atomic E-state index is 9.00. The van der Waals surface area contributed by atoms with Crippen LogP contribution in [0.4, 0.5) is 0 Å². The Morgan fingerprint density at radius 3 is 2.44 bits per heavy atom. The van der Waals surface area contributed by atoms with Crippen LogP contribution in [-0.4, -0.2) is 36.2 Å². The van der Waals surface area contributed by atoms with E-state index in [1.165, 1.54) is 27.8 Å². The zero-order valence-corrected chi connectivity index (χ0v) is 20.0. The van der Waals surface area contributed by atoms with Crippen molar-refractivity contribution in [3.05, 3.63) is 108 Å². The Hall–Kier alpha value is -3.63. The van der Waals surface area contributed by atoms with Crippen molar-refractivity contribution < 1.29 is 14.6 Å². The average Bonchev–Trinajstić information content (AvgIpc) is 2.84. The summed E-state index contributed by atoms with van der Waals surface area (Å²) in [5, 5.41) is 7.42. The fourth-order valence-corrected chi connectivity index (χ4v) is 3.76. The molecule has 0 spiro atoms. The highest BCUT2D eigenvalue weighted by Gasteiger charge is 2.11. The van der Waals surface area contributed by atoms with E-state index in [4.69, 9.17) is 14.6 Å². The largest absolute Gasteiger partial charge is 0.493 e. The molecule has 0 saturated heterocycles. The highest BCUT2D eigenvalue weighted by Crippen LogP contribution is 2.26. The maximum absolute atomic E-state index is 9.00. The highest BCUT2D eigenvalue weighted by molar-refractivity contribution is 5.65. The van der Waals surface area contributed by atoms with Crippen LogP contribution in [0.25, 0.3) is 17.2 Å². The second-order valence-electron chi connectivity index (χ2n) is 8.39. The molecule has 0 saturated carbocycles. The van der Waals surface area contributed by atoms with Gasteiger partial charge in [0.05, 0.1) is 6.61 Å². The van der Waals surface area contributed by atoms with Gasteiger partial charge >= 0.3 is 0 Å². The van der Waals surface area contributed by atoms with E-state index in [1.54, 1.807) is 0 Å². The van der Waals surface area contributed by atoms with E-state index in [-0.39, 0.29) is 0 Å². The van der Waals surface area contributed by atoms with Crippen molar-refractivity contribution in [1.29, 1.82) is 0 Å². The molecule has 0 bridgehead atoms. The minimum absolute atomic E-state index is 0.833. The number of likely N-dealkylation sites (N-methyl/N-ethyl adjacent to an activating group) is 1. The molecule has 0 atom stereocenters. The number of ether oxygens (including phenoxy) is 1. The summed E-state index contributed by atoms with van der Waals surface area (Å²) in [5.41, 5.74) is 6.36. The number of carbonyl (C=O) groups is 1. The SMILES string of the molecule is CC(=O)O.CN(C/C=C/C=C/c1ccc(-c2ccccc2)cc1)Cc1ccc2c(c1)OCCC2. The summed E-state index contributed by atoms with van der Waals surface area (Å²) in [6, 6.07) is 25.8. The van der Waals surface area contributed by atoms with Crippen LogP contribution >= 0.6 is 0 Å². The normalized spacial score (nSPS) is 12.8. The van der Waals surface area contributed by atoms with Gasteiger partial charge in [0.15, 0.2) is 0 Å². The van der Waals surface area contributed by atoms with Gasteiger partial charge in [0, 0.05) is 20.0 Å². The van der Waals surface area contributed by atoms with E-state index in [9.17, 15) is 0 Å². The quantitative estimate of drug-likeness (QED) is 0.415. The van der Waals surface area contributed by atoms with Gasteiger partial charge in [-0.2, -0.15) is 0 Å². The first kappa shape index (κ1) is 25.0. The number of aryl methyl sites for hydroxylation is 1. The monoisotopic (exact) mass is 455 g/mol. The molecule has 1 N–H and O–H groups in total. The Kier molecular flexibility index (Phi) is 9.68. The lowest BCUT2D eigenvalue weighted by Crippen LogP contribution is -2.18. The van der Waals surface area contributed by atoms with E-state index in [2.05, 4.69) is 103 Å². The van der Waals surface area contributed by atoms with Gasteiger partial charge in [0.25, 0.3) is 5.97 Å². The molecule has 3 aromatic rings. The van der Waals surface area contributed by atoms with Gasteiger partial charge in [-0.3, -0.25) is 9.69 Å². The first-order valence-corrected chi connectivity index (χ1v) is 11.6. The summed E-state index contributed by atoms with van der Waals surface area (Å²) in [6.07, 6.45) is 10.8. The van der Waals surface area contributed by atoms with E-state index in [1.807, 2.05) is 6.07 Å². The van der Waals surface area contributed by atoms with Crippen molar-refractivity contribution in [3.8, 4) is 16.9 Å². The molecule has 0 aromatic heterocycles. The number of carboxylic acids is 1. The van der Waals surface area contributed by atoms with E-state index >= 15 is 0 Å². The second-order valence-corrected chi connectivity index (χ2v) is 8.39. The molecule has 176 valence electrons. The number of fused-ring (bicyclic) bond motifs is 1. The fourth-order valence-electron chi connectivity index (χ4n) is 3.76. The smallest absolute Gasteiger partial charge is 0.300 e. The number of carboxylic acid groups (broad SMARTS) is 1. The van der Waals surface area contributed by atoms with Crippen LogP contribution < -0.4 is 4.74 Å². The number of rotatable bonds is 7. The van der Waals surface area contributed by atoms with Crippen molar-refractivity contribution in [2.75, 3.05) is 20.2 Å². The van der Waals surface area contributed by atoms with Crippen molar-refractivity contribution >= 4 is 12.0 Å². The predicted molar refractivity (Wildman–Crippen MR) is 140 cm³/mol. The number of allylic oxidation sites excluding steroid dienone is 2. The molecule has 4 nitrogen and oxygen atoms in total. The third-order valence-corrected chi connectivity index (χ3v) is 5.40. The molecule has 1 aliphatic heterocycles. The van der Waals surface area contributed by atoms with Crippen molar-refractivity contribution in [3.63, 3.8) is 0 Å². The van der Waals surface area contributed by atoms with Gasteiger partial charge in [0.1, 0.15) is 5.75 Å². The lowest BCUT2D eigenvalue weighted by Gasteiger charge is -2.20. The summed E-state index contributed by atoms with van der Waals surface area (Å²) < 4.78 is 5.79. The van der Waals surface area contributed by atoms with Gasteiger partial charge in [0.2, 0.25) is 0 Å². The highest BCUT2D eigenvalue weighted by atomic mass is 16.5. The number of aliphatic carboxylic acids is 1. The fraction of sp³-hybridized carbons (Fsp3) is 0.233. The lowest BCUT2D eigenvalue weighted by atomic mass is 10.0. The van der Waals surface area contributed by atoms with E-state index in [0.717, 1.165) is 45.2 Å². The molecular weight excluding hydrogens is 422 g/mol. The minimum atomic E-state index is -0.833. The average molecular weight is 456 g/mol. The van der Waals surface area contributed by atoms with Crippen LogP contribution in [0, 0.1) is 0 Å². The van der Waals surface area contributed by atoms with Crippen molar-refractivity contribution in [1.82, 2.24) is 4.90 Å². The predicted octanol–water partition coefficient (Wildman–Crippen LogP) is 6.47. The molecule has 0 fully saturated rings. The Morgan fingerprint density at radius 1 is 1.00 bits per heavy atom. The zero-order valence-electron chi connectivity index (χ0n) is 20.0. The number of hydrogen-bond donors (Lipinski definition) is 1. The molecule has 4 heteroatoms. The topological polar surface area (TPSA) is 49.8 Å². The first-order valence-electron chi connectivity index (χ1n) is 11.6. The van der Waals surface area contributed by atoms with Crippen molar-refractivity contribution in [2.45, 2.75) is 26.3 Å². The minimum Gasteiger partial charge on any atom is -0.493 e. The van der Waals surface area contributed by atoms with Gasteiger partial charge < -0.3 is 9.84 Å². The van der Waals surface area contributed by atoms with Gasteiger partial charge in [-0.25, -0.2) is 0 Å². The molecule has 1 heterocycles. The molecule has 0 amide bonds. The van der Waals surface area contributed by atoms with Gasteiger partial charge in [-0.15, -0.1) is 0 Å². The summed E-state index contributed by atoms with van der Waals surface area (Å²) >= 11 is 0. The van der Waals surface area contributed by atoms with Crippen molar-refractivity contribution in [2.24, 2.45) is 0 Å². The standard InChI is InChI=1S/C28H29NO.C2H4O2/c1-29(22-24-15-18-27-12-8-20-30-28(27)21-24)19-7-3-4-9-23-13-16-26(17-14-23)25-10-5-2-6-11-25;1-2(3)4/h2-7,9-11,13-18,21H,8,12,19-20,22H2,1H3;1H3,(H,3,4)/b7-3+,9-4+;. The molecule has 0 unspecified atom stereocenters. The molecule has 3 aromatic carbocycles. The molecule has 0 radical (unpaired) electrons. The molecule has 34 heavy (non-hydrogen) atoms. The van der Waals surface area contributed by atoms with Crippen LogP contribution in [0.2, 0.25) is 0 Å². The summed E-state index contributed by atoms with van der Waals surface area (Å²) in [4.78, 5) is 11.3. The molecule has 4 rings (SSSR count). The van der Waals surface area contributed by atoms with Crippen LogP contribution in [0.3, 0.4) is 0 Å². The van der Waals surface area contributed by atoms with Crippen LogP contribution in [0.1, 0.15) is 30.0 Å². The van der Waals surface area contributed by atoms with Gasteiger partial charge in [-0.1, -0.05) is 91.0 Å². The van der Waals surface area contributed by atoms with E-state index in [0.29, 0.717) is 0 Å². The third kappa shape index (κ3) is 8.38. The molecular formula is C30H33NO3. The van der Waals surface area contributed by atoms with Crippen LogP contribution in [0.5, 0.6) is 5.75 Å². The van der Waals surface area contributed by atoms with Crippen LogP contribution in [0.15, 0.2) is 91.0 Å². The summed E-state index contributed by atoms with van der Waals surface area (Å²) in [5.74, 6) is 0.240. The Balaban J connectivity index is 0.000000751. The number of benzene rings is 3. The third-order valence-electron chi connectivity index (χ3n) is 5.40. The Bertz CT molecular complexity index is 1100. The molecule has 0 aliphatic carbocycles. The van der Waals surface area contributed by atoms with Crippen LogP contribution in [-0.2, 0) is 17.8 Å². The second kappa shape index (κ2) is 13.2. The number of nitrogens with zero attached hydrogens (tertiary/aromatic N) is 1.